The Kier molecular flexibility index (Phi) is 8.77. The van der Waals surface area contributed by atoms with Crippen LogP contribution in [0.2, 0.25) is 0 Å². The largest absolute Gasteiger partial charge is 0.369 e. The molecule has 1 heterocycles. The van der Waals surface area contributed by atoms with E-state index in [1.807, 2.05) is 13.8 Å². The third-order valence-electron chi connectivity index (χ3n) is 4.72. The van der Waals surface area contributed by atoms with Crippen molar-refractivity contribution in [3.63, 3.8) is 0 Å². The first kappa shape index (κ1) is 28.7. The number of benzene rings is 2. The lowest BCUT2D eigenvalue weighted by Crippen LogP contribution is -2.54. The normalized spacial score (nSPS) is 15.2. The molecule has 0 unspecified atom stereocenters. The van der Waals surface area contributed by atoms with Crippen molar-refractivity contribution in [1.82, 2.24) is 0 Å². The molecule has 6 N–H and O–H groups in total. The fraction of sp³-hybridized carbons (Fsp3) is 0.286. The minimum Gasteiger partial charge on any atom is -0.369 e. The van der Waals surface area contributed by atoms with Gasteiger partial charge in [0, 0.05) is 11.4 Å². The maximum absolute atomic E-state index is 13.1. The molecular weight excluding hydrogens is 515 g/mol. The topological polar surface area (TPSA) is 198 Å². The van der Waals surface area contributed by atoms with E-state index in [4.69, 9.17) is 16.0 Å². The Morgan fingerprint density at radius 3 is 2.19 bits per heavy atom. The predicted molar refractivity (Wildman–Crippen MR) is 135 cm³/mol. The van der Waals surface area contributed by atoms with Crippen molar-refractivity contribution in [3.05, 3.63) is 54.1 Å². The van der Waals surface area contributed by atoms with E-state index in [0.717, 1.165) is 17.8 Å². The van der Waals surface area contributed by atoms with Crippen molar-refractivity contribution in [2.45, 2.75) is 37.8 Å². The Balaban J connectivity index is 0.000000678. The van der Waals surface area contributed by atoms with Crippen LogP contribution in [0.3, 0.4) is 0 Å². The number of hydrogen-bond acceptors (Lipinski definition) is 10. The Hall–Kier alpha value is -3.56. The number of hydrogen-bond donors (Lipinski definition) is 4. The predicted octanol–water partition coefficient (Wildman–Crippen LogP) is 1.61. The molecule has 0 bridgehead atoms. The van der Waals surface area contributed by atoms with E-state index >= 15 is 0 Å². The quantitative estimate of drug-likeness (QED) is 0.309. The van der Waals surface area contributed by atoms with E-state index in [9.17, 15) is 25.5 Å². The summed E-state index contributed by atoms with van der Waals surface area (Å²) in [6.45, 7) is 5.05. The number of carbonyl (C=O) groups is 1. The lowest BCUT2D eigenvalue weighted by Gasteiger charge is -2.38. The second-order valence-electron chi connectivity index (χ2n) is 8.00. The fourth-order valence-corrected chi connectivity index (χ4v) is 3.64. The zero-order chi connectivity index (χ0) is 27.3. The third kappa shape index (κ3) is 8.28. The molecule has 1 amide bonds. The summed E-state index contributed by atoms with van der Waals surface area (Å²) in [5.41, 5.74) is 12.6. The van der Waals surface area contributed by atoms with Gasteiger partial charge in [-0.3, -0.25) is 14.2 Å². The minimum atomic E-state index is -4.85. The molecular formula is C21H27FN6O6S2. The van der Waals surface area contributed by atoms with Crippen LogP contribution in [0.15, 0.2) is 63.4 Å². The monoisotopic (exact) mass is 542 g/mol. The zero-order valence-corrected chi connectivity index (χ0v) is 21.3. The van der Waals surface area contributed by atoms with Crippen LogP contribution >= 0.6 is 0 Å². The van der Waals surface area contributed by atoms with Crippen molar-refractivity contribution >= 4 is 49.5 Å². The summed E-state index contributed by atoms with van der Waals surface area (Å²) in [6, 6.07) is 12.0. The van der Waals surface area contributed by atoms with Gasteiger partial charge in [-0.05, 0) is 56.7 Å². The van der Waals surface area contributed by atoms with E-state index < -0.39 is 30.9 Å². The summed E-state index contributed by atoms with van der Waals surface area (Å²) in [7, 11) is -8.51. The van der Waals surface area contributed by atoms with Crippen molar-refractivity contribution in [3.8, 4) is 0 Å². The molecule has 0 aromatic heterocycles. The number of carbonyl (C=O) groups excluding carboxylic acids is 1. The first-order valence-electron chi connectivity index (χ1n) is 10.4. The molecule has 1 aliphatic heterocycles. The molecule has 0 spiro atoms. The molecule has 0 saturated carbocycles. The summed E-state index contributed by atoms with van der Waals surface area (Å²) in [5, 5.41) is 2.55. The van der Waals surface area contributed by atoms with Crippen LogP contribution in [-0.4, -0.2) is 50.6 Å². The van der Waals surface area contributed by atoms with Crippen molar-refractivity contribution in [2.24, 2.45) is 21.5 Å². The highest BCUT2D eigenvalue weighted by Crippen LogP contribution is 2.27. The molecule has 12 nitrogen and oxygen atoms in total. The molecule has 0 atom stereocenters. The third-order valence-corrected chi connectivity index (χ3v) is 6.26. The molecule has 0 radical (unpaired) electrons. The second-order valence-corrected chi connectivity index (χ2v) is 11.1. The number of nitrogens with one attached hydrogen (secondary N) is 1. The van der Waals surface area contributed by atoms with E-state index in [-0.39, 0.29) is 35.7 Å². The summed E-state index contributed by atoms with van der Waals surface area (Å²) in [6.07, 6.45) is 0.0327. The Morgan fingerprint density at radius 2 is 1.69 bits per heavy atom. The van der Waals surface area contributed by atoms with E-state index in [0.29, 0.717) is 5.56 Å². The first-order chi connectivity index (χ1) is 16.5. The van der Waals surface area contributed by atoms with Crippen LogP contribution < -0.4 is 21.7 Å². The van der Waals surface area contributed by atoms with Gasteiger partial charge in [-0.1, -0.05) is 18.2 Å². The van der Waals surface area contributed by atoms with Gasteiger partial charge in [0.05, 0.1) is 12.2 Å². The SMILES string of the molecule is CC1(C)N=C(N)N=C(N)N1c1ccc(CC(=O)Nc2cccc(S(=O)(=O)F)c2)cc1.CCS(=O)(=O)O. The van der Waals surface area contributed by atoms with E-state index in [2.05, 4.69) is 15.3 Å². The molecule has 0 fully saturated rings. The van der Waals surface area contributed by atoms with Gasteiger partial charge >= 0.3 is 10.2 Å². The second kappa shape index (κ2) is 11.0. The smallest absolute Gasteiger partial charge is 0.332 e. The fourth-order valence-electron chi connectivity index (χ4n) is 3.13. The lowest BCUT2D eigenvalue weighted by molar-refractivity contribution is -0.115. The van der Waals surface area contributed by atoms with Crippen LogP contribution in [0.25, 0.3) is 0 Å². The number of rotatable bonds is 6. The van der Waals surface area contributed by atoms with Crippen LogP contribution in [0.1, 0.15) is 26.3 Å². The molecule has 0 saturated heterocycles. The maximum Gasteiger partial charge on any atom is 0.332 e. The highest BCUT2D eigenvalue weighted by molar-refractivity contribution is 7.86. The number of anilines is 2. The highest BCUT2D eigenvalue weighted by Gasteiger charge is 2.32. The van der Waals surface area contributed by atoms with Gasteiger partial charge in [0.15, 0.2) is 0 Å². The van der Waals surface area contributed by atoms with Gasteiger partial charge in [0.1, 0.15) is 10.6 Å². The van der Waals surface area contributed by atoms with Crippen LogP contribution in [0, 0.1) is 0 Å². The summed E-state index contributed by atoms with van der Waals surface area (Å²) in [4.78, 5) is 21.8. The maximum atomic E-state index is 13.1. The number of aliphatic imine (C=N–C) groups is 2. The Morgan fingerprint density at radius 1 is 1.11 bits per heavy atom. The van der Waals surface area contributed by atoms with Gasteiger partial charge in [0.25, 0.3) is 10.1 Å². The number of halogens is 1. The van der Waals surface area contributed by atoms with Gasteiger partial charge in [0.2, 0.25) is 17.8 Å². The molecule has 3 rings (SSSR count). The lowest BCUT2D eigenvalue weighted by atomic mass is 10.1. The molecule has 0 aliphatic carbocycles. The molecule has 15 heteroatoms. The van der Waals surface area contributed by atoms with Gasteiger partial charge in [-0.2, -0.15) is 21.8 Å². The summed E-state index contributed by atoms with van der Waals surface area (Å²) >= 11 is 0. The first-order valence-corrected chi connectivity index (χ1v) is 13.4. The number of guanidine groups is 2. The van der Waals surface area contributed by atoms with Crippen molar-refractivity contribution < 1.29 is 30.1 Å². The minimum absolute atomic E-state index is 0.0327. The van der Waals surface area contributed by atoms with Crippen molar-refractivity contribution in [2.75, 3.05) is 16.0 Å². The Bertz CT molecular complexity index is 1390. The number of nitrogens with two attached hydrogens (primary N) is 2. The van der Waals surface area contributed by atoms with Crippen molar-refractivity contribution in [1.29, 1.82) is 0 Å². The molecule has 196 valence electrons. The standard InChI is InChI=1S/C19H21FN6O3S.C2H6O3S/c1-19(2)25-17(21)24-18(22)26(19)14-8-6-12(7-9-14)10-16(27)23-13-4-3-5-15(11-13)30(20,28)29;1-2-6(3,4)5/h3-9,11H,10H2,1-2H3,(H,23,27)(H4,21,22,24,25);2H2,1H3,(H,3,4,5). The summed E-state index contributed by atoms with van der Waals surface area (Å²) < 4.78 is 62.0. The molecule has 1 aliphatic rings. The Labute approximate surface area is 208 Å². The van der Waals surface area contributed by atoms with Crippen LogP contribution in [0.5, 0.6) is 0 Å². The number of amides is 1. The van der Waals surface area contributed by atoms with Gasteiger partial charge in [-0.15, -0.1) is 3.89 Å². The summed E-state index contributed by atoms with van der Waals surface area (Å²) in [5.74, 6) is -0.271. The molecule has 2 aromatic carbocycles. The van der Waals surface area contributed by atoms with Gasteiger partial charge in [-0.25, -0.2) is 4.99 Å². The highest BCUT2D eigenvalue weighted by atomic mass is 32.3. The van der Waals surface area contributed by atoms with E-state index in [1.54, 1.807) is 29.2 Å². The average Bonchev–Trinajstić information content (AvgIpc) is 2.73. The molecule has 36 heavy (non-hydrogen) atoms. The van der Waals surface area contributed by atoms with E-state index in [1.165, 1.54) is 19.1 Å². The zero-order valence-electron chi connectivity index (χ0n) is 19.7. The number of nitrogens with zero attached hydrogens (tertiary/aromatic N) is 3. The van der Waals surface area contributed by atoms with Gasteiger partial charge < -0.3 is 16.8 Å². The van der Waals surface area contributed by atoms with Crippen LogP contribution in [0.4, 0.5) is 15.3 Å². The average molecular weight is 543 g/mol. The molecule has 2 aromatic rings. The van der Waals surface area contributed by atoms with Crippen LogP contribution in [-0.2, 0) is 31.6 Å².